The molecule has 0 heterocycles. The van der Waals surface area contributed by atoms with Crippen molar-refractivity contribution in [2.75, 3.05) is 0 Å². The van der Waals surface area contributed by atoms with Gasteiger partial charge in [-0.3, -0.25) is 4.79 Å². The lowest BCUT2D eigenvalue weighted by atomic mass is 9.44. The molecule has 0 aromatic heterocycles. The molecule has 4 rings (SSSR count). The highest BCUT2D eigenvalue weighted by Gasteiger charge is 2.63. The fourth-order valence-corrected chi connectivity index (χ4v) is 7.65. The van der Waals surface area contributed by atoms with Crippen molar-refractivity contribution in [3.8, 4) is 0 Å². The van der Waals surface area contributed by atoms with Gasteiger partial charge in [-0.15, -0.1) is 0 Å². The zero-order valence-corrected chi connectivity index (χ0v) is 15.4. The quantitative estimate of drug-likeness (QED) is 0.709. The van der Waals surface area contributed by atoms with Crippen LogP contribution in [0, 0.1) is 40.4 Å². The molecule has 0 saturated heterocycles. The van der Waals surface area contributed by atoms with Crippen LogP contribution in [0.1, 0.15) is 79.1 Å². The Morgan fingerprint density at radius 2 is 1.70 bits per heavy atom. The molecule has 4 fully saturated rings. The van der Waals surface area contributed by atoms with Crippen LogP contribution in [0.5, 0.6) is 0 Å². The minimum Gasteiger partial charge on any atom is -0.390 e. The Bertz CT molecular complexity index is 524. The summed E-state index contributed by atoms with van der Waals surface area (Å²) in [6, 6.07) is 0. The average molecular weight is 319 g/mol. The first-order valence-corrected chi connectivity index (χ1v) is 9.94. The van der Waals surface area contributed by atoms with Crippen LogP contribution >= 0.6 is 0 Å². The number of rotatable bonds is 0. The predicted octanol–water partition coefficient (Wildman–Crippen LogP) is 4.60. The maximum absolute atomic E-state index is 12.2. The Hall–Kier alpha value is -0.370. The molecule has 0 amide bonds. The highest BCUT2D eigenvalue weighted by Crippen LogP contribution is 2.68. The Labute approximate surface area is 141 Å². The molecule has 0 aromatic rings. The Balaban J connectivity index is 1.66. The van der Waals surface area contributed by atoms with E-state index in [9.17, 15) is 9.90 Å². The highest BCUT2D eigenvalue weighted by molar-refractivity contribution is 5.82. The molecule has 0 unspecified atom stereocenters. The van der Waals surface area contributed by atoms with E-state index in [2.05, 4.69) is 27.7 Å². The van der Waals surface area contributed by atoms with Crippen molar-refractivity contribution >= 4 is 5.78 Å². The van der Waals surface area contributed by atoms with Crippen LogP contribution in [0.3, 0.4) is 0 Å². The van der Waals surface area contributed by atoms with Crippen LogP contribution in [0.25, 0.3) is 0 Å². The summed E-state index contributed by atoms with van der Waals surface area (Å²) < 4.78 is 0. The van der Waals surface area contributed by atoms with Crippen LogP contribution < -0.4 is 0 Å². The molecular weight excluding hydrogens is 284 g/mol. The smallest absolute Gasteiger partial charge is 0.136 e. The van der Waals surface area contributed by atoms with E-state index in [-0.39, 0.29) is 11.3 Å². The van der Waals surface area contributed by atoms with Crippen LogP contribution in [0.4, 0.5) is 0 Å². The highest BCUT2D eigenvalue weighted by atomic mass is 16.3. The second kappa shape index (κ2) is 4.84. The third-order valence-electron chi connectivity index (χ3n) is 9.37. The number of ketones is 1. The molecular formula is C21H34O2. The Morgan fingerprint density at radius 3 is 2.43 bits per heavy atom. The van der Waals surface area contributed by atoms with E-state index in [1.54, 1.807) is 0 Å². The van der Waals surface area contributed by atoms with Crippen molar-refractivity contribution in [2.24, 2.45) is 40.4 Å². The van der Waals surface area contributed by atoms with E-state index in [4.69, 9.17) is 0 Å². The molecule has 130 valence electrons. The number of Topliss-reactive ketones (excluding diaryl/α,β-unsaturated/α-hetero) is 1. The second-order valence-corrected chi connectivity index (χ2v) is 10.2. The summed E-state index contributed by atoms with van der Waals surface area (Å²) in [6.45, 7) is 9.11. The molecule has 4 saturated carbocycles. The second-order valence-electron chi connectivity index (χ2n) is 10.2. The van der Waals surface area contributed by atoms with Gasteiger partial charge in [-0.2, -0.15) is 0 Å². The van der Waals surface area contributed by atoms with Crippen molar-refractivity contribution in [3.05, 3.63) is 0 Å². The molecule has 0 aliphatic heterocycles. The van der Waals surface area contributed by atoms with Gasteiger partial charge in [0.15, 0.2) is 0 Å². The molecule has 0 radical (unpaired) electrons. The lowest BCUT2D eigenvalue weighted by Crippen LogP contribution is -2.56. The number of aliphatic hydroxyl groups is 1. The molecule has 1 N–H and O–H groups in total. The zero-order chi connectivity index (χ0) is 16.6. The van der Waals surface area contributed by atoms with E-state index >= 15 is 0 Å². The SMILES string of the molecule is C[C@@H]1C[C@@]2(C)[C@@H](CC[C@H]3[C@H]2CC[C@@]2(C)[C@@H]3CC[C@]2(C)O)CC1=O. The van der Waals surface area contributed by atoms with Gasteiger partial charge in [0.2, 0.25) is 0 Å². The van der Waals surface area contributed by atoms with Gasteiger partial charge in [-0.1, -0.05) is 20.8 Å². The van der Waals surface area contributed by atoms with Crippen LogP contribution in [-0.4, -0.2) is 16.5 Å². The van der Waals surface area contributed by atoms with Crippen molar-refractivity contribution in [1.82, 2.24) is 0 Å². The standard InChI is InChI=1S/C21H34O2/c1-13-12-19(2)14(11-18(13)22)5-6-15-16(19)7-9-20(3)17(15)8-10-21(20,4)23/h13-17,23H,5-12H2,1-4H3/t13-,14+,15+,16-,17-,19+,20+,21+/m1/s1. The number of fused-ring (bicyclic) bond motifs is 5. The minimum atomic E-state index is -0.476. The summed E-state index contributed by atoms with van der Waals surface area (Å²) >= 11 is 0. The summed E-state index contributed by atoms with van der Waals surface area (Å²) in [6.07, 6.45) is 9.11. The topological polar surface area (TPSA) is 37.3 Å². The summed E-state index contributed by atoms with van der Waals surface area (Å²) in [5.74, 6) is 3.65. The van der Waals surface area contributed by atoms with E-state index in [0.29, 0.717) is 23.0 Å². The van der Waals surface area contributed by atoms with Crippen LogP contribution in [-0.2, 0) is 4.79 Å². The largest absolute Gasteiger partial charge is 0.390 e. The third kappa shape index (κ3) is 2.00. The van der Waals surface area contributed by atoms with Crippen LogP contribution in [0.15, 0.2) is 0 Å². The van der Waals surface area contributed by atoms with Gasteiger partial charge < -0.3 is 5.11 Å². The first-order valence-electron chi connectivity index (χ1n) is 9.94. The lowest BCUT2D eigenvalue weighted by Gasteiger charge is -2.61. The summed E-state index contributed by atoms with van der Waals surface area (Å²) in [4.78, 5) is 12.2. The molecule has 0 bridgehead atoms. The first-order chi connectivity index (χ1) is 10.7. The fourth-order valence-electron chi connectivity index (χ4n) is 7.65. The number of hydrogen-bond acceptors (Lipinski definition) is 2. The third-order valence-corrected chi connectivity index (χ3v) is 9.37. The predicted molar refractivity (Wildman–Crippen MR) is 91.9 cm³/mol. The minimum absolute atomic E-state index is 0.119. The Kier molecular flexibility index (Phi) is 3.39. The molecule has 8 atom stereocenters. The maximum atomic E-state index is 12.2. The Morgan fingerprint density at radius 1 is 1.00 bits per heavy atom. The monoisotopic (exact) mass is 318 g/mol. The van der Waals surface area contributed by atoms with E-state index < -0.39 is 5.60 Å². The molecule has 2 heteroatoms. The van der Waals surface area contributed by atoms with Gasteiger partial charge in [0.1, 0.15) is 5.78 Å². The van der Waals surface area contributed by atoms with E-state index in [1.165, 1.54) is 32.1 Å². The van der Waals surface area contributed by atoms with Crippen LogP contribution in [0.2, 0.25) is 0 Å². The van der Waals surface area contributed by atoms with E-state index in [0.717, 1.165) is 31.1 Å². The molecule has 23 heavy (non-hydrogen) atoms. The molecule has 4 aliphatic rings. The van der Waals surface area contributed by atoms with Crippen molar-refractivity contribution in [1.29, 1.82) is 0 Å². The first kappa shape index (κ1) is 16.1. The molecule has 0 aromatic carbocycles. The van der Waals surface area contributed by atoms with Gasteiger partial charge in [0, 0.05) is 12.3 Å². The van der Waals surface area contributed by atoms with Gasteiger partial charge in [0.05, 0.1) is 5.60 Å². The van der Waals surface area contributed by atoms with E-state index in [1.807, 2.05) is 0 Å². The van der Waals surface area contributed by atoms with Crippen molar-refractivity contribution in [3.63, 3.8) is 0 Å². The average Bonchev–Trinajstić information content (AvgIpc) is 2.71. The number of carbonyl (C=O) groups is 1. The molecule has 4 aliphatic carbocycles. The maximum Gasteiger partial charge on any atom is 0.136 e. The normalized spacial score (nSPS) is 59.2. The van der Waals surface area contributed by atoms with Gasteiger partial charge in [0.25, 0.3) is 0 Å². The molecule has 0 spiro atoms. The van der Waals surface area contributed by atoms with Gasteiger partial charge in [-0.25, -0.2) is 0 Å². The molecule has 2 nitrogen and oxygen atoms in total. The van der Waals surface area contributed by atoms with Crippen molar-refractivity contribution in [2.45, 2.75) is 84.7 Å². The summed E-state index contributed by atoms with van der Waals surface area (Å²) in [7, 11) is 0. The summed E-state index contributed by atoms with van der Waals surface area (Å²) in [5.41, 5.74) is 0.00962. The van der Waals surface area contributed by atoms with Gasteiger partial charge >= 0.3 is 0 Å². The lowest BCUT2D eigenvalue weighted by molar-refractivity contribution is -0.158. The summed E-state index contributed by atoms with van der Waals surface area (Å²) in [5, 5.41) is 11.0. The zero-order valence-electron chi connectivity index (χ0n) is 15.4. The number of carbonyl (C=O) groups excluding carboxylic acids is 1. The van der Waals surface area contributed by atoms with Gasteiger partial charge in [-0.05, 0) is 86.4 Å². The van der Waals surface area contributed by atoms with Crippen molar-refractivity contribution < 1.29 is 9.90 Å². The number of hydrogen-bond donors (Lipinski definition) is 1. The fraction of sp³-hybridized carbons (Fsp3) is 0.952.